The van der Waals surface area contributed by atoms with Crippen LogP contribution in [0.1, 0.15) is 45.2 Å². The van der Waals surface area contributed by atoms with E-state index in [1.54, 1.807) is 0 Å². The molecule has 1 aromatic rings. The molecule has 1 aliphatic rings. The standard InChI is InChI=1S/C15H26N2O/c1-4-15(5-2)11-13(8-10-18-15)16-12-14-7-6-9-17(14)3/h6-7,9,13,16H,4-5,8,10-12H2,1-3H3. The molecule has 18 heavy (non-hydrogen) atoms. The van der Waals surface area contributed by atoms with Crippen molar-refractivity contribution in [1.29, 1.82) is 0 Å². The smallest absolute Gasteiger partial charge is 0.0692 e. The third-order valence-corrected chi connectivity index (χ3v) is 4.40. The lowest BCUT2D eigenvalue weighted by Gasteiger charge is -2.40. The van der Waals surface area contributed by atoms with Crippen LogP contribution in [0.5, 0.6) is 0 Å². The number of rotatable bonds is 5. The van der Waals surface area contributed by atoms with Crippen molar-refractivity contribution in [3.8, 4) is 0 Å². The van der Waals surface area contributed by atoms with E-state index < -0.39 is 0 Å². The number of nitrogens with one attached hydrogen (secondary N) is 1. The van der Waals surface area contributed by atoms with Crippen molar-refractivity contribution in [2.24, 2.45) is 7.05 Å². The third-order valence-electron chi connectivity index (χ3n) is 4.40. The van der Waals surface area contributed by atoms with E-state index in [1.807, 2.05) is 0 Å². The number of hydrogen-bond acceptors (Lipinski definition) is 2. The Hall–Kier alpha value is -0.800. The van der Waals surface area contributed by atoms with Crippen LogP contribution in [0.2, 0.25) is 0 Å². The topological polar surface area (TPSA) is 26.2 Å². The lowest BCUT2D eigenvalue weighted by atomic mass is 9.86. The summed E-state index contributed by atoms with van der Waals surface area (Å²) in [6.07, 6.45) is 6.61. The van der Waals surface area contributed by atoms with Crippen molar-refractivity contribution in [3.63, 3.8) is 0 Å². The molecule has 3 heteroatoms. The molecule has 1 atom stereocenters. The van der Waals surface area contributed by atoms with E-state index in [0.717, 1.165) is 38.8 Å². The molecular weight excluding hydrogens is 224 g/mol. The number of aromatic nitrogens is 1. The first-order valence-electron chi connectivity index (χ1n) is 7.16. The molecule has 0 bridgehead atoms. The Morgan fingerprint density at radius 3 is 2.83 bits per heavy atom. The minimum Gasteiger partial charge on any atom is -0.375 e. The molecule has 2 heterocycles. The van der Waals surface area contributed by atoms with Crippen LogP contribution in [0.4, 0.5) is 0 Å². The summed E-state index contributed by atoms with van der Waals surface area (Å²) in [6.45, 7) is 6.33. The van der Waals surface area contributed by atoms with Crippen LogP contribution < -0.4 is 5.32 Å². The largest absolute Gasteiger partial charge is 0.375 e. The molecule has 1 N–H and O–H groups in total. The third kappa shape index (κ3) is 2.96. The van der Waals surface area contributed by atoms with Gasteiger partial charge in [-0.05, 0) is 37.8 Å². The van der Waals surface area contributed by atoms with Gasteiger partial charge in [0.15, 0.2) is 0 Å². The summed E-state index contributed by atoms with van der Waals surface area (Å²) in [5.74, 6) is 0. The summed E-state index contributed by atoms with van der Waals surface area (Å²) in [4.78, 5) is 0. The minimum absolute atomic E-state index is 0.115. The minimum atomic E-state index is 0.115. The Labute approximate surface area is 111 Å². The second-order valence-electron chi connectivity index (χ2n) is 5.42. The SMILES string of the molecule is CCC1(CC)CC(NCc2cccn2C)CCO1. The van der Waals surface area contributed by atoms with Gasteiger partial charge in [0.05, 0.1) is 5.60 Å². The molecule has 1 aliphatic heterocycles. The Morgan fingerprint density at radius 2 is 2.22 bits per heavy atom. The van der Waals surface area contributed by atoms with Crippen molar-refractivity contribution in [2.75, 3.05) is 6.61 Å². The van der Waals surface area contributed by atoms with Crippen molar-refractivity contribution in [2.45, 2.75) is 57.7 Å². The van der Waals surface area contributed by atoms with Gasteiger partial charge in [-0.25, -0.2) is 0 Å². The maximum absolute atomic E-state index is 6.01. The first-order valence-corrected chi connectivity index (χ1v) is 7.16. The average molecular weight is 250 g/mol. The van der Waals surface area contributed by atoms with Crippen LogP contribution in [-0.2, 0) is 18.3 Å². The highest BCUT2D eigenvalue weighted by atomic mass is 16.5. The zero-order valence-electron chi connectivity index (χ0n) is 11.9. The molecule has 1 fully saturated rings. The van der Waals surface area contributed by atoms with Gasteiger partial charge in [-0.3, -0.25) is 0 Å². The predicted octanol–water partition coefficient (Wildman–Crippen LogP) is 2.85. The zero-order chi connectivity index (χ0) is 13.0. The summed E-state index contributed by atoms with van der Waals surface area (Å²) in [6, 6.07) is 4.87. The number of aryl methyl sites for hydroxylation is 1. The number of nitrogens with zero attached hydrogens (tertiary/aromatic N) is 1. The highest BCUT2D eigenvalue weighted by Gasteiger charge is 2.34. The van der Waals surface area contributed by atoms with Gasteiger partial charge in [0.1, 0.15) is 0 Å². The van der Waals surface area contributed by atoms with Crippen LogP contribution in [0.15, 0.2) is 18.3 Å². The molecule has 3 nitrogen and oxygen atoms in total. The maximum Gasteiger partial charge on any atom is 0.0692 e. The molecule has 0 aromatic carbocycles. The Balaban J connectivity index is 1.88. The zero-order valence-corrected chi connectivity index (χ0v) is 11.9. The lowest BCUT2D eigenvalue weighted by molar-refractivity contribution is -0.0932. The highest BCUT2D eigenvalue weighted by Crippen LogP contribution is 2.31. The average Bonchev–Trinajstić information content (AvgIpc) is 2.82. The second-order valence-corrected chi connectivity index (χ2v) is 5.42. The van der Waals surface area contributed by atoms with E-state index in [0.29, 0.717) is 6.04 Å². The summed E-state index contributed by atoms with van der Waals surface area (Å²) >= 11 is 0. The van der Waals surface area contributed by atoms with E-state index in [2.05, 4.69) is 49.1 Å². The molecule has 2 rings (SSSR count). The second kappa shape index (κ2) is 5.89. The highest BCUT2D eigenvalue weighted by molar-refractivity contribution is 5.06. The summed E-state index contributed by atoms with van der Waals surface area (Å²) in [7, 11) is 2.10. The van der Waals surface area contributed by atoms with E-state index >= 15 is 0 Å². The van der Waals surface area contributed by atoms with E-state index in [4.69, 9.17) is 4.74 Å². The molecule has 0 radical (unpaired) electrons. The van der Waals surface area contributed by atoms with Crippen molar-refractivity contribution < 1.29 is 4.74 Å². The van der Waals surface area contributed by atoms with Gasteiger partial charge in [0.2, 0.25) is 0 Å². The van der Waals surface area contributed by atoms with E-state index in [1.165, 1.54) is 5.69 Å². The fourth-order valence-corrected chi connectivity index (χ4v) is 2.87. The molecule has 0 amide bonds. The Morgan fingerprint density at radius 1 is 1.44 bits per heavy atom. The summed E-state index contributed by atoms with van der Waals surface area (Å²) in [5.41, 5.74) is 1.46. The molecule has 102 valence electrons. The molecule has 0 aliphatic carbocycles. The van der Waals surface area contributed by atoms with Gasteiger partial charge in [0, 0.05) is 38.1 Å². The maximum atomic E-state index is 6.01. The fourth-order valence-electron chi connectivity index (χ4n) is 2.87. The first-order chi connectivity index (χ1) is 8.69. The van der Waals surface area contributed by atoms with Crippen molar-refractivity contribution >= 4 is 0 Å². The number of hydrogen-bond donors (Lipinski definition) is 1. The molecule has 1 saturated heterocycles. The summed E-state index contributed by atoms with van der Waals surface area (Å²) in [5, 5.41) is 3.69. The normalized spacial score (nSPS) is 23.2. The van der Waals surface area contributed by atoms with Crippen molar-refractivity contribution in [1.82, 2.24) is 9.88 Å². The predicted molar refractivity (Wildman–Crippen MR) is 74.5 cm³/mol. The Bertz CT molecular complexity index is 368. The Kier molecular flexibility index (Phi) is 4.46. The van der Waals surface area contributed by atoms with Gasteiger partial charge in [-0.15, -0.1) is 0 Å². The van der Waals surface area contributed by atoms with Crippen LogP contribution >= 0.6 is 0 Å². The van der Waals surface area contributed by atoms with Crippen molar-refractivity contribution in [3.05, 3.63) is 24.0 Å². The number of ether oxygens (including phenoxy) is 1. The van der Waals surface area contributed by atoms with E-state index in [9.17, 15) is 0 Å². The van der Waals surface area contributed by atoms with Gasteiger partial charge >= 0.3 is 0 Å². The van der Waals surface area contributed by atoms with Crippen LogP contribution in [0.3, 0.4) is 0 Å². The molecule has 1 aromatic heterocycles. The van der Waals surface area contributed by atoms with Crippen LogP contribution in [0, 0.1) is 0 Å². The van der Waals surface area contributed by atoms with Gasteiger partial charge < -0.3 is 14.6 Å². The fraction of sp³-hybridized carbons (Fsp3) is 0.733. The first kappa shape index (κ1) is 13.6. The molecular formula is C15H26N2O. The van der Waals surface area contributed by atoms with Gasteiger partial charge in [-0.1, -0.05) is 13.8 Å². The summed E-state index contributed by atoms with van der Waals surface area (Å²) < 4.78 is 8.19. The quantitative estimate of drug-likeness (QED) is 0.869. The monoisotopic (exact) mass is 250 g/mol. The lowest BCUT2D eigenvalue weighted by Crippen LogP contribution is -2.46. The molecule has 0 spiro atoms. The molecule has 0 saturated carbocycles. The van der Waals surface area contributed by atoms with Crippen LogP contribution in [0.25, 0.3) is 0 Å². The van der Waals surface area contributed by atoms with E-state index in [-0.39, 0.29) is 5.60 Å². The van der Waals surface area contributed by atoms with Gasteiger partial charge in [0.25, 0.3) is 0 Å². The van der Waals surface area contributed by atoms with Gasteiger partial charge in [-0.2, -0.15) is 0 Å². The van der Waals surface area contributed by atoms with Crippen LogP contribution in [-0.4, -0.2) is 22.8 Å². The molecule has 1 unspecified atom stereocenters.